The Morgan fingerprint density at radius 1 is 0.871 bits per heavy atom. The van der Waals surface area contributed by atoms with Gasteiger partial charge in [0, 0.05) is 0 Å². The fourth-order valence-corrected chi connectivity index (χ4v) is 2.08. The van der Waals surface area contributed by atoms with Crippen LogP contribution in [0.3, 0.4) is 0 Å². The van der Waals surface area contributed by atoms with Crippen molar-refractivity contribution in [3.63, 3.8) is 0 Å². The van der Waals surface area contributed by atoms with E-state index in [0.29, 0.717) is 0 Å². The first-order chi connectivity index (χ1) is 14.4. The van der Waals surface area contributed by atoms with Crippen LogP contribution in [-0.2, 0) is 28.7 Å². The van der Waals surface area contributed by atoms with E-state index in [0.717, 1.165) is 7.11 Å². The molecule has 11 nitrogen and oxygen atoms in total. The molecule has 4 N–H and O–H groups in total. The summed E-state index contributed by atoms with van der Waals surface area (Å²) in [5, 5.41) is 9.29. The second-order valence-electron chi connectivity index (χ2n) is 7.15. The molecule has 0 fully saturated rings. The second-order valence-corrected chi connectivity index (χ2v) is 7.15. The van der Waals surface area contributed by atoms with Gasteiger partial charge in [-0.1, -0.05) is 11.8 Å². The van der Waals surface area contributed by atoms with Crippen molar-refractivity contribution in [3.8, 4) is 24.7 Å². The van der Waals surface area contributed by atoms with E-state index in [2.05, 4.69) is 37.8 Å². The van der Waals surface area contributed by atoms with Crippen molar-refractivity contribution >= 4 is 29.8 Å². The molecule has 0 heterocycles. The maximum absolute atomic E-state index is 12.5. The molecule has 0 spiro atoms. The minimum absolute atomic E-state index is 0.121. The number of methoxy groups -OCH3 is 1. The van der Waals surface area contributed by atoms with Crippen LogP contribution < -0.4 is 21.3 Å². The summed E-state index contributed by atoms with van der Waals surface area (Å²) in [5.41, 5.74) is -0.840. The predicted molar refractivity (Wildman–Crippen MR) is 110 cm³/mol. The molecule has 0 aromatic rings. The number of ether oxygens (including phenoxy) is 2. The molecule has 0 radical (unpaired) electrons. The Kier molecular flexibility index (Phi) is 11.9. The average molecular weight is 436 g/mol. The van der Waals surface area contributed by atoms with Gasteiger partial charge in [0.1, 0.15) is 17.7 Å². The molecule has 0 rings (SSSR count). The largest absolute Gasteiger partial charge is 0.469 e. The van der Waals surface area contributed by atoms with Crippen LogP contribution in [0.2, 0.25) is 0 Å². The molecule has 0 aromatic heterocycles. The zero-order chi connectivity index (χ0) is 24.0. The molecule has 0 unspecified atom stereocenters. The number of alkyl carbamates (subject to hydrolysis) is 1. The van der Waals surface area contributed by atoms with Crippen molar-refractivity contribution < 1.29 is 33.4 Å². The third-order valence-corrected chi connectivity index (χ3v) is 3.38. The molecule has 0 aliphatic rings. The quantitative estimate of drug-likeness (QED) is 0.248. The lowest BCUT2D eigenvalue weighted by molar-refractivity contribution is -0.143. The van der Waals surface area contributed by atoms with Crippen molar-refractivity contribution in [3.05, 3.63) is 0 Å². The fourth-order valence-electron chi connectivity index (χ4n) is 2.08. The first-order valence-corrected chi connectivity index (χ1v) is 9.21. The van der Waals surface area contributed by atoms with Gasteiger partial charge in [0.2, 0.25) is 17.7 Å². The highest BCUT2D eigenvalue weighted by molar-refractivity contribution is 5.94. The molecule has 0 saturated carbocycles. The highest BCUT2D eigenvalue weighted by Gasteiger charge is 2.29. The zero-order valence-electron chi connectivity index (χ0n) is 18.0. The van der Waals surface area contributed by atoms with E-state index >= 15 is 0 Å². The molecule has 31 heavy (non-hydrogen) atoms. The van der Waals surface area contributed by atoms with Crippen molar-refractivity contribution in [2.45, 2.75) is 51.3 Å². The number of terminal acetylenes is 2. The zero-order valence-corrected chi connectivity index (χ0v) is 18.0. The summed E-state index contributed by atoms with van der Waals surface area (Å²) in [4.78, 5) is 60.5. The summed E-state index contributed by atoms with van der Waals surface area (Å²) in [6, 6.07) is -2.65. The maximum Gasteiger partial charge on any atom is 0.408 e. The van der Waals surface area contributed by atoms with Crippen molar-refractivity contribution in [1.82, 2.24) is 21.3 Å². The monoisotopic (exact) mass is 436 g/mol. The van der Waals surface area contributed by atoms with E-state index in [-0.39, 0.29) is 13.1 Å². The predicted octanol–water partition coefficient (Wildman–Crippen LogP) is -1.18. The Balaban J connectivity index is 5.32. The lowest BCUT2D eigenvalue weighted by Crippen LogP contribution is -2.53. The highest BCUT2D eigenvalue weighted by atomic mass is 16.6. The van der Waals surface area contributed by atoms with Crippen LogP contribution in [0.4, 0.5) is 4.79 Å². The molecule has 4 amide bonds. The molecular formula is C20H28N4O7. The molecular weight excluding hydrogens is 408 g/mol. The number of carbonyl (C=O) groups is 5. The molecule has 2 atom stereocenters. The Hall–Kier alpha value is -3.73. The fraction of sp³-hybridized carbons (Fsp3) is 0.550. The Labute approximate surface area is 181 Å². The molecule has 0 saturated heterocycles. The third-order valence-electron chi connectivity index (χ3n) is 3.38. The van der Waals surface area contributed by atoms with E-state index in [9.17, 15) is 24.0 Å². The van der Waals surface area contributed by atoms with E-state index in [4.69, 9.17) is 17.6 Å². The van der Waals surface area contributed by atoms with Crippen LogP contribution in [0, 0.1) is 24.7 Å². The first-order valence-electron chi connectivity index (χ1n) is 9.21. The number of rotatable bonds is 10. The molecule has 0 aromatic carbocycles. The standard InChI is InChI=1S/C20H28N4O7/c1-7-9-21-17(27)13(24-19(29)31-20(3,4)5)11-15(25)23-14(12-16(26)30-6)18(28)22-10-8-2/h1-2,13-14H,9-12H2,3-6H3,(H,21,27)(H,22,28)(H,23,25)(H,24,29)/t13-,14-/m0/s1. The Bertz CT molecular complexity index is 759. The van der Waals surface area contributed by atoms with Crippen molar-refractivity contribution in [2.24, 2.45) is 0 Å². The van der Waals surface area contributed by atoms with Gasteiger partial charge in [-0.15, -0.1) is 12.8 Å². The van der Waals surface area contributed by atoms with Crippen LogP contribution in [0.25, 0.3) is 0 Å². The molecule has 0 bridgehead atoms. The van der Waals surface area contributed by atoms with Gasteiger partial charge in [-0.2, -0.15) is 0 Å². The minimum Gasteiger partial charge on any atom is -0.469 e. The summed E-state index contributed by atoms with van der Waals surface area (Å²) < 4.78 is 9.60. The van der Waals surface area contributed by atoms with Crippen molar-refractivity contribution in [1.29, 1.82) is 0 Å². The molecule has 11 heteroatoms. The molecule has 0 aliphatic heterocycles. The Morgan fingerprint density at radius 2 is 1.35 bits per heavy atom. The van der Waals surface area contributed by atoms with E-state index in [1.807, 2.05) is 0 Å². The summed E-state index contributed by atoms with van der Waals surface area (Å²) in [6.45, 7) is 4.62. The number of nitrogens with one attached hydrogen (secondary N) is 4. The Morgan fingerprint density at radius 3 is 1.77 bits per heavy atom. The minimum atomic E-state index is -1.35. The van der Waals surface area contributed by atoms with Gasteiger partial charge < -0.3 is 30.7 Å². The van der Waals surface area contributed by atoms with E-state index in [1.165, 1.54) is 0 Å². The lowest BCUT2D eigenvalue weighted by Gasteiger charge is -2.23. The average Bonchev–Trinajstić information content (AvgIpc) is 2.67. The number of hydrogen-bond acceptors (Lipinski definition) is 7. The van der Waals surface area contributed by atoms with Gasteiger partial charge in [0.25, 0.3) is 0 Å². The van der Waals surface area contributed by atoms with Gasteiger partial charge in [0.15, 0.2) is 0 Å². The van der Waals surface area contributed by atoms with Gasteiger partial charge >= 0.3 is 12.1 Å². The van der Waals surface area contributed by atoms with E-state index < -0.39 is 60.3 Å². The number of esters is 1. The lowest BCUT2D eigenvalue weighted by atomic mass is 10.1. The molecule has 0 aliphatic carbocycles. The van der Waals surface area contributed by atoms with Gasteiger partial charge in [-0.3, -0.25) is 19.2 Å². The summed E-state index contributed by atoms with van der Waals surface area (Å²) in [7, 11) is 1.12. The van der Waals surface area contributed by atoms with Crippen LogP contribution in [0.5, 0.6) is 0 Å². The van der Waals surface area contributed by atoms with Crippen LogP contribution in [0.1, 0.15) is 33.6 Å². The second kappa shape index (κ2) is 13.5. The van der Waals surface area contributed by atoms with E-state index in [1.54, 1.807) is 20.8 Å². The molecule has 170 valence electrons. The number of carbonyl (C=O) groups excluding carboxylic acids is 5. The topological polar surface area (TPSA) is 152 Å². The summed E-state index contributed by atoms with van der Waals surface area (Å²) >= 11 is 0. The van der Waals surface area contributed by atoms with Crippen molar-refractivity contribution in [2.75, 3.05) is 20.2 Å². The third kappa shape index (κ3) is 12.4. The summed E-state index contributed by atoms with van der Waals surface area (Å²) in [6.07, 6.45) is 8.23. The number of hydrogen-bond donors (Lipinski definition) is 4. The smallest absolute Gasteiger partial charge is 0.408 e. The highest BCUT2D eigenvalue weighted by Crippen LogP contribution is 2.07. The number of amides is 4. The van der Waals surface area contributed by atoms with Crippen LogP contribution in [0.15, 0.2) is 0 Å². The first kappa shape index (κ1) is 27.3. The normalized spacial score (nSPS) is 12.1. The summed E-state index contributed by atoms with van der Waals surface area (Å²) in [5.74, 6) is 1.38. The van der Waals surface area contributed by atoms with Crippen LogP contribution in [-0.4, -0.2) is 67.7 Å². The maximum atomic E-state index is 12.5. The van der Waals surface area contributed by atoms with Crippen LogP contribution >= 0.6 is 0 Å². The SMILES string of the molecule is C#CCNC(=O)[C@H](CC(=O)OC)NC(=O)C[C@H](NC(=O)OC(C)(C)C)C(=O)NCC#C. The van der Waals surface area contributed by atoms with Gasteiger partial charge in [-0.25, -0.2) is 4.79 Å². The van der Waals surface area contributed by atoms with Gasteiger partial charge in [-0.05, 0) is 20.8 Å². The van der Waals surface area contributed by atoms with Gasteiger partial charge in [0.05, 0.1) is 33.0 Å².